The molecule has 112 valence electrons. The third-order valence-electron chi connectivity index (χ3n) is 4.21. The number of fused-ring (bicyclic) bond motifs is 1. The zero-order chi connectivity index (χ0) is 13.0. The molecule has 3 atom stereocenters. The molecule has 5 heteroatoms. The Morgan fingerprint density at radius 3 is 3.00 bits per heavy atom. The van der Waals surface area contributed by atoms with Crippen molar-refractivity contribution < 1.29 is 9.53 Å². The van der Waals surface area contributed by atoms with Gasteiger partial charge in [0.25, 0.3) is 0 Å². The highest BCUT2D eigenvalue weighted by molar-refractivity contribution is 5.85. The lowest BCUT2D eigenvalue weighted by molar-refractivity contribution is -0.140. The molecule has 0 radical (unpaired) electrons. The molecule has 1 amide bonds. The molecular weight excluding hydrogens is 264 g/mol. The van der Waals surface area contributed by atoms with E-state index in [-0.39, 0.29) is 24.4 Å². The second-order valence-corrected chi connectivity index (χ2v) is 5.63. The van der Waals surface area contributed by atoms with Gasteiger partial charge in [0, 0.05) is 25.6 Å². The molecule has 2 aliphatic heterocycles. The van der Waals surface area contributed by atoms with Crippen molar-refractivity contribution in [3.05, 3.63) is 0 Å². The summed E-state index contributed by atoms with van der Waals surface area (Å²) in [5.74, 6) is 0.683. The summed E-state index contributed by atoms with van der Waals surface area (Å²) in [6.45, 7) is 4.69. The molecule has 0 bridgehead atoms. The average Bonchev–Trinajstić information content (AvgIpc) is 2.43. The SMILES string of the molecule is CCCCC(N)C(=O)N1CCC2OCCCC2C1.Cl. The summed E-state index contributed by atoms with van der Waals surface area (Å²) in [5, 5.41) is 0. The van der Waals surface area contributed by atoms with Gasteiger partial charge in [0.2, 0.25) is 5.91 Å². The van der Waals surface area contributed by atoms with Gasteiger partial charge in [-0.25, -0.2) is 0 Å². The van der Waals surface area contributed by atoms with Crippen LogP contribution in [0, 0.1) is 5.92 Å². The van der Waals surface area contributed by atoms with Gasteiger partial charge >= 0.3 is 0 Å². The standard InChI is InChI=1S/C14H26N2O2.ClH/c1-2-3-6-12(15)14(17)16-8-7-13-11(10-16)5-4-9-18-13;/h11-13H,2-10,15H2,1H3;1H. The van der Waals surface area contributed by atoms with E-state index < -0.39 is 0 Å². The lowest BCUT2D eigenvalue weighted by Gasteiger charge is -2.41. The summed E-state index contributed by atoms with van der Waals surface area (Å²) in [7, 11) is 0. The maximum Gasteiger partial charge on any atom is 0.239 e. The van der Waals surface area contributed by atoms with Crippen molar-refractivity contribution in [2.24, 2.45) is 11.7 Å². The Morgan fingerprint density at radius 2 is 2.26 bits per heavy atom. The highest BCUT2D eigenvalue weighted by Gasteiger charge is 2.34. The van der Waals surface area contributed by atoms with E-state index in [0.717, 1.165) is 51.8 Å². The number of hydrogen-bond donors (Lipinski definition) is 1. The molecule has 3 unspecified atom stereocenters. The molecule has 0 spiro atoms. The van der Waals surface area contributed by atoms with E-state index in [0.29, 0.717) is 12.0 Å². The van der Waals surface area contributed by atoms with E-state index in [1.54, 1.807) is 0 Å². The fraction of sp³-hybridized carbons (Fsp3) is 0.929. The molecule has 0 aromatic rings. The number of unbranched alkanes of at least 4 members (excludes halogenated alkanes) is 1. The van der Waals surface area contributed by atoms with Gasteiger partial charge < -0.3 is 15.4 Å². The number of halogens is 1. The van der Waals surface area contributed by atoms with E-state index in [1.165, 1.54) is 6.42 Å². The molecule has 0 saturated carbocycles. The summed E-state index contributed by atoms with van der Waals surface area (Å²) < 4.78 is 5.77. The molecular formula is C14H27ClN2O2. The topological polar surface area (TPSA) is 55.6 Å². The van der Waals surface area contributed by atoms with Crippen molar-refractivity contribution >= 4 is 18.3 Å². The van der Waals surface area contributed by atoms with Crippen molar-refractivity contribution in [2.45, 2.75) is 57.6 Å². The fourth-order valence-corrected chi connectivity index (χ4v) is 3.07. The van der Waals surface area contributed by atoms with Crippen LogP contribution in [0.3, 0.4) is 0 Å². The molecule has 0 aromatic heterocycles. The lowest BCUT2D eigenvalue weighted by atomic mass is 9.88. The largest absolute Gasteiger partial charge is 0.378 e. The first-order valence-corrected chi connectivity index (χ1v) is 7.38. The van der Waals surface area contributed by atoms with Gasteiger partial charge in [-0.3, -0.25) is 4.79 Å². The lowest BCUT2D eigenvalue weighted by Crippen LogP contribution is -2.52. The molecule has 0 aromatic carbocycles. The minimum absolute atomic E-state index is 0. The third kappa shape index (κ3) is 4.33. The van der Waals surface area contributed by atoms with Gasteiger partial charge in [-0.2, -0.15) is 0 Å². The Kier molecular flexibility index (Phi) is 7.11. The maximum atomic E-state index is 12.2. The minimum atomic E-state index is -0.300. The van der Waals surface area contributed by atoms with Crippen LogP contribution in [-0.4, -0.2) is 42.6 Å². The first-order chi connectivity index (χ1) is 8.72. The summed E-state index contributed by atoms with van der Waals surface area (Å²) in [5.41, 5.74) is 5.98. The number of nitrogens with two attached hydrogens (primary N) is 1. The zero-order valence-electron chi connectivity index (χ0n) is 11.8. The number of ether oxygens (including phenoxy) is 1. The number of nitrogens with zero attached hydrogens (tertiary/aromatic N) is 1. The zero-order valence-corrected chi connectivity index (χ0v) is 12.7. The molecule has 4 nitrogen and oxygen atoms in total. The summed E-state index contributed by atoms with van der Waals surface area (Å²) in [6, 6.07) is -0.300. The Labute approximate surface area is 122 Å². The van der Waals surface area contributed by atoms with Crippen LogP contribution in [0.25, 0.3) is 0 Å². The summed E-state index contributed by atoms with van der Waals surface area (Å²) in [4.78, 5) is 14.2. The van der Waals surface area contributed by atoms with Crippen LogP contribution in [0.15, 0.2) is 0 Å². The smallest absolute Gasteiger partial charge is 0.239 e. The number of amides is 1. The van der Waals surface area contributed by atoms with E-state index >= 15 is 0 Å². The highest BCUT2D eigenvalue weighted by Crippen LogP contribution is 2.28. The molecule has 2 aliphatic rings. The Bertz CT molecular complexity index is 289. The van der Waals surface area contributed by atoms with Gasteiger partial charge in [-0.15, -0.1) is 12.4 Å². The van der Waals surface area contributed by atoms with Gasteiger partial charge in [0.1, 0.15) is 0 Å². The first kappa shape index (κ1) is 16.7. The monoisotopic (exact) mass is 290 g/mol. The van der Waals surface area contributed by atoms with Gasteiger partial charge in [0.05, 0.1) is 12.1 Å². The van der Waals surface area contributed by atoms with Crippen molar-refractivity contribution in [3.8, 4) is 0 Å². The summed E-state index contributed by atoms with van der Waals surface area (Å²) in [6.07, 6.45) is 6.64. The Balaban J connectivity index is 0.00000180. The Morgan fingerprint density at radius 1 is 1.47 bits per heavy atom. The summed E-state index contributed by atoms with van der Waals surface area (Å²) >= 11 is 0. The molecule has 2 N–H and O–H groups in total. The first-order valence-electron chi connectivity index (χ1n) is 7.38. The Hall–Kier alpha value is -0.320. The normalized spacial score (nSPS) is 28.2. The van der Waals surface area contributed by atoms with Crippen LogP contribution in [0.5, 0.6) is 0 Å². The van der Waals surface area contributed by atoms with Crippen LogP contribution >= 0.6 is 12.4 Å². The number of likely N-dealkylation sites (tertiary alicyclic amines) is 1. The van der Waals surface area contributed by atoms with E-state index in [1.807, 2.05) is 4.90 Å². The quantitative estimate of drug-likeness (QED) is 0.861. The predicted molar refractivity (Wildman–Crippen MR) is 78.4 cm³/mol. The van der Waals surface area contributed by atoms with Gasteiger partial charge in [-0.05, 0) is 25.7 Å². The molecule has 0 aliphatic carbocycles. The van der Waals surface area contributed by atoms with E-state index in [4.69, 9.17) is 10.5 Å². The van der Waals surface area contributed by atoms with Crippen molar-refractivity contribution in [1.29, 1.82) is 0 Å². The maximum absolute atomic E-state index is 12.2. The predicted octanol–water partition coefficient (Wildman–Crippen LogP) is 1.95. The second kappa shape index (κ2) is 8.08. The molecule has 2 heterocycles. The fourth-order valence-electron chi connectivity index (χ4n) is 3.07. The van der Waals surface area contributed by atoms with Crippen LogP contribution in [0.4, 0.5) is 0 Å². The van der Waals surface area contributed by atoms with Crippen LogP contribution < -0.4 is 5.73 Å². The molecule has 19 heavy (non-hydrogen) atoms. The average molecular weight is 291 g/mol. The number of rotatable bonds is 4. The molecule has 2 rings (SSSR count). The van der Waals surface area contributed by atoms with E-state index in [9.17, 15) is 4.79 Å². The van der Waals surface area contributed by atoms with Crippen LogP contribution in [0.1, 0.15) is 45.4 Å². The third-order valence-corrected chi connectivity index (χ3v) is 4.21. The second-order valence-electron chi connectivity index (χ2n) is 5.63. The van der Waals surface area contributed by atoms with Crippen LogP contribution in [-0.2, 0) is 9.53 Å². The number of piperidine rings is 1. The molecule has 2 saturated heterocycles. The van der Waals surface area contributed by atoms with Crippen molar-refractivity contribution in [3.63, 3.8) is 0 Å². The van der Waals surface area contributed by atoms with Crippen molar-refractivity contribution in [2.75, 3.05) is 19.7 Å². The van der Waals surface area contributed by atoms with E-state index in [2.05, 4.69) is 6.92 Å². The number of hydrogen-bond acceptors (Lipinski definition) is 3. The van der Waals surface area contributed by atoms with Crippen LogP contribution in [0.2, 0.25) is 0 Å². The highest BCUT2D eigenvalue weighted by atomic mass is 35.5. The molecule has 2 fully saturated rings. The number of carbonyl (C=O) groups is 1. The van der Waals surface area contributed by atoms with Gasteiger partial charge in [-0.1, -0.05) is 19.8 Å². The van der Waals surface area contributed by atoms with Gasteiger partial charge in [0.15, 0.2) is 0 Å². The minimum Gasteiger partial charge on any atom is -0.378 e. The van der Waals surface area contributed by atoms with Crippen molar-refractivity contribution in [1.82, 2.24) is 4.90 Å². The number of carbonyl (C=O) groups excluding carboxylic acids is 1.